The summed E-state index contributed by atoms with van der Waals surface area (Å²) in [5.74, 6) is 4.43. The van der Waals surface area contributed by atoms with Crippen LogP contribution in [0.5, 0.6) is 5.75 Å². The highest BCUT2D eigenvalue weighted by Crippen LogP contribution is 2.32. The summed E-state index contributed by atoms with van der Waals surface area (Å²) < 4.78 is 40.5. The second kappa shape index (κ2) is 6.17. The van der Waals surface area contributed by atoms with E-state index < -0.39 is 6.36 Å². The Kier molecular flexibility index (Phi) is 4.52. The Morgan fingerprint density at radius 3 is 2.71 bits per heavy atom. The van der Waals surface area contributed by atoms with Crippen molar-refractivity contribution in [1.29, 1.82) is 0 Å². The van der Waals surface area contributed by atoms with Crippen molar-refractivity contribution in [1.82, 2.24) is 5.43 Å². The topological polar surface area (TPSA) is 64.3 Å². The molecule has 2 rings (SSSR count). The van der Waals surface area contributed by atoms with E-state index >= 15 is 0 Å². The number of nitrogens with two attached hydrogens (primary N) is 1. The van der Waals surface area contributed by atoms with Gasteiger partial charge < -0.3 is 4.74 Å². The molecule has 0 bridgehead atoms. The van der Waals surface area contributed by atoms with Gasteiger partial charge in [-0.2, -0.15) is 0 Å². The van der Waals surface area contributed by atoms with Crippen molar-refractivity contribution in [3.8, 4) is 5.75 Å². The number of amides is 1. The van der Waals surface area contributed by atoms with Gasteiger partial charge in [-0.25, -0.2) is 5.84 Å². The zero-order chi connectivity index (χ0) is 15.5. The van der Waals surface area contributed by atoms with E-state index in [0.29, 0.717) is 24.8 Å². The molecule has 0 saturated carbocycles. The number of hydrazine groups is 1. The third-order valence-corrected chi connectivity index (χ3v) is 3.36. The number of ether oxygens (including phenoxy) is 1. The van der Waals surface area contributed by atoms with E-state index in [2.05, 4.69) is 10.2 Å². The molecule has 3 N–H and O–H groups in total. The number of rotatable bonds is 3. The van der Waals surface area contributed by atoms with Gasteiger partial charge in [0.1, 0.15) is 5.75 Å². The Morgan fingerprint density at radius 1 is 1.38 bits per heavy atom. The minimum Gasteiger partial charge on any atom is -0.406 e. The number of benzene rings is 1. The van der Waals surface area contributed by atoms with Gasteiger partial charge in [0, 0.05) is 5.92 Å². The molecule has 0 aromatic heterocycles. The Labute approximate surface area is 119 Å². The van der Waals surface area contributed by atoms with Crippen LogP contribution < -0.4 is 16.0 Å². The van der Waals surface area contributed by atoms with Crippen LogP contribution in [0.4, 0.5) is 13.2 Å². The van der Waals surface area contributed by atoms with Crippen LogP contribution in [0.25, 0.3) is 5.57 Å². The standard InChI is InChI=1S/C14H15F3N2O2/c15-14(16,17)21-12-3-1-2-11(8-12)9-4-6-10(7-5-9)13(20)19-18/h1-4,8,10H,5-7,18H2,(H,19,20)/t10-/m1/s1. The van der Waals surface area contributed by atoms with Crippen LogP contribution in [0.3, 0.4) is 0 Å². The summed E-state index contributed by atoms with van der Waals surface area (Å²) in [7, 11) is 0. The van der Waals surface area contributed by atoms with Gasteiger partial charge in [0.25, 0.3) is 0 Å². The molecule has 114 valence electrons. The predicted molar refractivity (Wildman–Crippen MR) is 70.8 cm³/mol. The molecule has 7 heteroatoms. The van der Waals surface area contributed by atoms with Gasteiger partial charge in [0.05, 0.1) is 0 Å². The minimum absolute atomic E-state index is 0.187. The van der Waals surface area contributed by atoms with Crippen molar-refractivity contribution >= 4 is 11.5 Å². The zero-order valence-corrected chi connectivity index (χ0v) is 11.1. The first-order valence-electron chi connectivity index (χ1n) is 6.45. The Morgan fingerprint density at radius 2 is 2.14 bits per heavy atom. The molecule has 1 aliphatic rings. The van der Waals surface area contributed by atoms with Crippen molar-refractivity contribution in [3.05, 3.63) is 35.9 Å². The number of halogens is 3. The first-order valence-corrected chi connectivity index (χ1v) is 6.45. The summed E-state index contributed by atoms with van der Waals surface area (Å²) in [6.07, 6.45) is -1.12. The average molecular weight is 300 g/mol. The fourth-order valence-corrected chi connectivity index (χ4v) is 2.35. The zero-order valence-electron chi connectivity index (χ0n) is 11.1. The third kappa shape index (κ3) is 4.22. The maximum Gasteiger partial charge on any atom is 0.573 e. The van der Waals surface area contributed by atoms with Crippen molar-refractivity contribution in [3.63, 3.8) is 0 Å². The molecule has 21 heavy (non-hydrogen) atoms. The Hall–Kier alpha value is -2.02. The van der Waals surface area contributed by atoms with Crippen molar-refractivity contribution < 1.29 is 22.7 Å². The minimum atomic E-state index is -4.70. The number of hydrogen-bond acceptors (Lipinski definition) is 3. The summed E-state index contributed by atoms with van der Waals surface area (Å²) in [5.41, 5.74) is 3.69. The highest BCUT2D eigenvalue weighted by molar-refractivity contribution is 5.80. The van der Waals surface area contributed by atoms with Crippen LogP contribution in [-0.4, -0.2) is 12.3 Å². The summed E-state index contributed by atoms with van der Waals surface area (Å²) in [6.45, 7) is 0. The first-order chi connectivity index (χ1) is 9.89. The number of allylic oxidation sites excluding steroid dienone is 2. The lowest BCUT2D eigenvalue weighted by atomic mass is 9.86. The van der Waals surface area contributed by atoms with Crippen molar-refractivity contribution in [2.24, 2.45) is 11.8 Å². The smallest absolute Gasteiger partial charge is 0.406 e. The van der Waals surface area contributed by atoms with Crippen LogP contribution in [0.15, 0.2) is 30.3 Å². The van der Waals surface area contributed by atoms with E-state index in [1.54, 1.807) is 6.07 Å². The number of carbonyl (C=O) groups is 1. The lowest BCUT2D eigenvalue weighted by Crippen LogP contribution is -2.36. The van der Waals surface area contributed by atoms with E-state index in [9.17, 15) is 18.0 Å². The molecular weight excluding hydrogens is 285 g/mol. The first kappa shape index (κ1) is 15.4. The van der Waals surface area contributed by atoms with Crippen LogP contribution in [0.1, 0.15) is 24.8 Å². The molecule has 0 fully saturated rings. The SMILES string of the molecule is NNC(=O)[C@@H]1CC=C(c2cccc(OC(F)(F)F)c2)CC1. The maximum absolute atomic E-state index is 12.2. The molecule has 1 aliphatic carbocycles. The summed E-state index contributed by atoms with van der Waals surface area (Å²) in [4.78, 5) is 11.4. The Bertz CT molecular complexity index is 555. The van der Waals surface area contributed by atoms with Crippen molar-refractivity contribution in [2.75, 3.05) is 0 Å². The molecule has 0 spiro atoms. The molecule has 0 aliphatic heterocycles. The largest absolute Gasteiger partial charge is 0.573 e. The fourth-order valence-electron chi connectivity index (χ4n) is 2.35. The quantitative estimate of drug-likeness (QED) is 0.512. The number of hydrogen-bond donors (Lipinski definition) is 2. The van der Waals surface area contributed by atoms with Crippen LogP contribution in [-0.2, 0) is 4.79 Å². The third-order valence-electron chi connectivity index (χ3n) is 3.36. The van der Waals surface area contributed by atoms with Gasteiger partial charge in [-0.3, -0.25) is 10.2 Å². The van der Waals surface area contributed by atoms with E-state index in [4.69, 9.17) is 5.84 Å². The molecule has 0 heterocycles. The van der Waals surface area contributed by atoms with Crippen LogP contribution in [0.2, 0.25) is 0 Å². The maximum atomic E-state index is 12.2. The van der Waals surface area contributed by atoms with Crippen LogP contribution >= 0.6 is 0 Å². The molecule has 0 radical (unpaired) electrons. The molecule has 1 aromatic rings. The van der Waals surface area contributed by atoms with Crippen molar-refractivity contribution in [2.45, 2.75) is 25.6 Å². The second-order valence-corrected chi connectivity index (χ2v) is 4.78. The molecule has 1 aromatic carbocycles. The second-order valence-electron chi connectivity index (χ2n) is 4.78. The van der Waals surface area contributed by atoms with E-state index in [-0.39, 0.29) is 17.6 Å². The monoisotopic (exact) mass is 300 g/mol. The lowest BCUT2D eigenvalue weighted by Gasteiger charge is -2.21. The Balaban J connectivity index is 2.11. The molecule has 0 saturated heterocycles. The predicted octanol–water partition coefficient (Wildman–Crippen LogP) is 2.76. The number of carbonyl (C=O) groups excluding carboxylic acids is 1. The number of alkyl halides is 3. The van der Waals surface area contributed by atoms with Gasteiger partial charge in [0.2, 0.25) is 5.91 Å². The molecular formula is C14H15F3N2O2. The highest BCUT2D eigenvalue weighted by atomic mass is 19.4. The fraction of sp³-hybridized carbons (Fsp3) is 0.357. The summed E-state index contributed by atoms with van der Waals surface area (Å²) >= 11 is 0. The average Bonchev–Trinajstić information content (AvgIpc) is 2.45. The number of nitrogens with one attached hydrogen (secondary N) is 1. The molecule has 1 amide bonds. The molecule has 4 nitrogen and oxygen atoms in total. The lowest BCUT2D eigenvalue weighted by molar-refractivity contribution is -0.274. The van der Waals surface area contributed by atoms with Gasteiger partial charge in [-0.05, 0) is 42.5 Å². The van der Waals surface area contributed by atoms with Gasteiger partial charge in [-0.1, -0.05) is 18.2 Å². The molecule has 0 unspecified atom stereocenters. The van der Waals surface area contributed by atoms with Gasteiger partial charge >= 0.3 is 6.36 Å². The van der Waals surface area contributed by atoms with E-state index in [0.717, 1.165) is 5.57 Å². The van der Waals surface area contributed by atoms with Gasteiger partial charge in [-0.15, -0.1) is 13.2 Å². The van der Waals surface area contributed by atoms with E-state index in [1.165, 1.54) is 18.2 Å². The van der Waals surface area contributed by atoms with Crippen LogP contribution in [0, 0.1) is 5.92 Å². The summed E-state index contributed by atoms with van der Waals surface area (Å²) in [6, 6.07) is 5.84. The molecule has 1 atom stereocenters. The van der Waals surface area contributed by atoms with Gasteiger partial charge in [0.15, 0.2) is 0 Å². The van der Waals surface area contributed by atoms with E-state index in [1.807, 2.05) is 6.08 Å². The summed E-state index contributed by atoms with van der Waals surface area (Å²) in [5, 5.41) is 0. The highest BCUT2D eigenvalue weighted by Gasteiger charge is 2.31. The normalized spacial score (nSPS) is 18.9.